The van der Waals surface area contributed by atoms with Crippen LogP contribution in [0.1, 0.15) is 57.9 Å². The van der Waals surface area contributed by atoms with Crippen LogP contribution in [-0.2, 0) is 27.4 Å². The van der Waals surface area contributed by atoms with Gasteiger partial charge in [-0.3, -0.25) is 4.21 Å². The van der Waals surface area contributed by atoms with Gasteiger partial charge in [0, 0.05) is 45.7 Å². The van der Waals surface area contributed by atoms with E-state index in [0.29, 0.717) is 21.8 Å². The lowest BCUT2D eigenvalue weighted by molar-refractivity contribution is -0.0980. The van der Waals surface area contributed by atoms with Gasteiger partial charge in [-0.15, -0.1) is 0 Å². The van der Waals surface area contributed by atoms with Crippen molar-refractivity contribution in [3.63, 3.8) is 0 Å². The van der Waals surface area contributed by atoms with E-state index in [-0.39, 0.29) is 22.2 Å². The van der Waals surface area contributed by atoms with Gasteiger partial charge in [0.1, 0.15) is 18.4 Å². The van der Waals surface area contributed by atoms with Gasteiger partial charge in [0.15, 0.2) is 11.6 Å². The fraction of sp³-hybridized carbons (Fsp3) is 0.294. The summed E-state index contributed by atoms with van der Waals surface area (Å²) < 4.78 is 45.1. The lowest BCUT2D eigenvalue weighted by atomic mass is 9.81. The Labute approximate surface area is 254 Å². The van der Waals surface area contributed by atoms with Gasteiger partial charge in [-0.1, -0.05) is 77.4 Å². The molecular weight excluding hydrogens is 568 g/mol. The van der Waals surface area contributed by atoms with Crippen LogP contribution in [0.3, 0.4) is 0 Å². The molecule has 2 aromatic heterocycles. The van der Waals surface area contributed by atoms with E-state index in [9.17, 15) is 13.0 Å². The molecule has 43 heavy (non-hydrogen) atoms. The van der Waals surface area contributed by atoms with E-state index in [2.05, 4.69) is 60.0 Å². The predicted octanol–water partition coefficient (Wildman–Crippen LogP) is 8.14. The molecule has 2 heterocycles. The van der Waals surface area contributed by atoms with Crippen LogP contribution >= 0.6 is 0 Å². The van der Waals surface area contributed by atoms with E-state index in [1.54, 1.807) is 24.4 Å². The number of nitrogens with one attached hydrogen (secondary N) is 2. The molecule has 0 saturated heterocycles. The molecule has 0 radical (unpaired) electrons. The standard InChI is InChI=1S/C21H23FN2.C12H14FNO2S.CH2O/c1-4-8-15-9-7-10-16(13-15)21(2,3)19-14-23-20(24-19)17-11-5-6-12-18(17)22;1-7(2)17(15)12-8-4-5-14-10(8)6-9(13)11(12)16-3;1-2/h5-7,9-14H,4,8H2,1-3H3,(H,23,24);4-7,14H,1-3H3;1H2. The molecule has 0 aliphatic heterocycles. The number of carbonyl (C=O) groups is 1. The highest BCUT2D eigenvalue weighted by atomic mass is 32.2. The Morgan fingerprint density at radius 2 is 1.74 bits per heavy atom. The van der Waals surface area contributed by atoms with Crippen molar-refractivity contribution in [3.05, 3.63) is 102 Å². The number of rotatable bonds is 8. The molecule has 0 saturated carbocycles. The second-order valence-corrected chi connectivity index (χ2v) is 12.7. The number of benzene rings is 3. The second-order valence-electron chi connectivity index (χ2n) is 10.7. The number of halogens is 2. The SMILES string of the molecule is C=O.CCCc1cccc(C(C)(C)c2cnc(-c3ccccc3F)[nH]2)c1.COc1c(F)cc2[nH]ccc2c1S(=O)C(C)C. The summed E-state index contributed by atoms with van der Waals surface area (Å²) in [6.45, 7) is 12.2. The van der Waals surface area contributed by atoms with Gasteiger partial charge in [0.2, 0.25) is 0 Å². The van der Waals surface area contributed by atoms with Crippen LogP contribution in [-0.4, -0.2) is 38.3 Å². The molecule has 9 heteroatoms. The Bertz CT molecular complexity index is 1680. The highest BCUT2D eigenvalue weighted by Crippen LogP contribution is 2.35. The molecule has 5 aromatic rings. The lowest BCUT2D eigenvalue weighted by Crippen LogP contribution is -2.19. The molecule has 2 N–H and O–H groups in total. The van der Waals surface area contributed by atoms with Gasteiger partial charge >= 0.3 is 0 Å². The number of H-pyrrole nitrogens is 2. The van der Waals surface area contributed by atoms with E-state index in [1.807, 2.05) is 32.9 Å². The number of aromatic nitrogens is 3. The second kappa shape index (κ2) is 14.9. The summed E-state index contributed by atoms with van der Waals surface area (Å²) in [5.74, 6) is -0.113. The summed E-state index contributed by atoms with van der Waals surface area (Å²) in [7, 11) is 0.0920. The van der Waals surface area contributed by atoms with Crippen molar-refractivity contribution in [2.45, 2.75) is 63.0 Å². The van der Waals surface area contributed by atoms with Crippen LogP contribution in [0, 0.1) is 11.6 Å². The number of hydrogen-bond acceptors (Lipinski definition) is 4. The Balaban J connectivity index is 0.000000235. The Morgan fingerprint density at radius 1 is 1.02 bits per heavy atom. The monoisotopic (exact) mass is 607 g/mol. The number of ether oxygens (including phenoxy) is 1. The van der Waals surface area contributed by atoms with Crippen molar-refractivity contribution in [1.29, 1.82) is 0 Å². The van der Waals surface area contributed by atoms with Crippen molar-refractivity contribution in [2.75, 3.05) is 7.11 Å². The summed E-state index contributed by atoms with van der Waals surface area (Å²) in [5.41, 5.74) is 4.47. The fourth-order valence-electron chi connectivity index (χ4n) is 4.74. The summed E-state index contributed by atoms with van der Waals surface area (Å²) in [6.07, 6.45) is 5.72. The molecule has 0 aliphatic rings. The summed E-state index contributed by atoms with van der Waals surface area (Å²) in [4.78, 5) is 19.1. The van der Waals surface area contributed by atoms with Gasteiger partial charge in [-0.2, -0.15) is 0 Å². The number of imidazole rings is 1. The molecule has 0 spiro atoms. The van der Waals surface area contributed by atoms with Crippen LogP contribution in [0.4, 0.5) is 8.78 Å². The molecule has 1 atom stereocenters. The summed E-state index contributed by atoms with van der Waals surface area (Å²) in [5, 5.41) is 0.652. The summed E-state index contributed by atoms with van der Waals surface area (Å²) in [6, 6.07) is 18.5. The molecule has 3 aromatic carbocycles. The third-order valence-electron chi connectivity index (χ3n) is 7.12. The molecule has 5 rings (SSSR count). The molecule has 0 bridgehead atoms. The molecular formula is C34H39F2N3O3S. The van der Waals surface area contributed by atoms with Gasteiger partial charge in [0.05, 0.1) is 28.4 Å². The van der Waals surface area contributed by atoms with Crippen LogP contribution in [0.2, 0.25) is 0 Å². The van der Waals surface area contributed by atoms with E-state index in [4.69, 9.17) is 9.53 Å². The lowest BCUT2D eigenvalue weighted by Gasteiger charge is -2.24. The van der Waals surface area contributed by atoms with Crippen LogP contribution < -0.4 is 4.74 Å². The van der Waals surface area contributed by atoms with Crippen molar-refractivity contribution in [2.24, 2.45) is 0 Å². The van der Waals surface area contributed by atoms with Crippen molar-refractivity contribution >= 4 is 28.5 Å². The van der Waals surface area contributed by atoms with Gasteiger partial charge in [0.25, 0.3) is 0 Å². The number of aryl methyl sites for hydroxylation is 1. The van der Waals surface area contributed by atoms with Crippen molar-refractivity contribution in [1.82, 2.24) is 15.0 Å². The zero-order chi connectivity index (χ0) is 31.7. The number of nitrogens with zero attached hydrogens (tertiary/aromatic N) is 1. The third kappa shape index (κ3) is 7.46. The van der Waals surface area contributed by atoms with E-state index in [0.717, 1.165) is 23.9 Å². The van der Waals surface area contributed by atoms with E-state index >= 15 is 0 Å². The topological polar surface area (TPSA) is 87.8 Å². The zero-order valence-electron chi connectivity index (χ0n) is 25.5. The van der Waals surface area contributed by atoms with Gasteiger partial charge < -0.3 is 19.5 Å². The molecule has 0 amide bonds. The molecule has 1 unspecified atom stereocenters. The quantitative estimate of drug-likeness (QED) is 0.186. The number of methoxy groups -OCH3 is 1. The molecule has 0 fully saturated rings. The van der Waals surface area contributed by atoms with Crippen LogP contribution in [0.15, 0.2) is 78.0 Å². The van der Waals surface area contributed by atoms with Crippen LogP contribution in [0.5, 0.6) is 5.75 Å². The first-order valence-electron chi connectivity index (χ1n) is 14.0. The number of aromatic amines is 2. The number of fused-ring (bicyclic) bond motifs is 1. The number of hydrogen-bond donors (Lipinski definition) is 2. The minimum Gasteiger partial charge on any atom is -0.492 e. The van der Waals surface area contributed by atoms with Crippen molar-refractivity contribution in [3.8, 4) is 17.1 Å². The largest absolute Gasteiger partial charge is 0.492 e. The smallest absolute Gasteiger partial charge is 0.171 e. The zero-order valence-corrected chi connectivity index (χ0v) is 26.3. The fourth-order valence-corrected chi connectivity index (χ4v) is 5.97. The predicted molar refractivity (Wildman–Crippen MR) is 170 cm³/mol. The Hall–Kier alpha value is -4.11. The molecule has 0 aliphatic carbocycles. The maximum Gasteiger partial charge on any atom is 0.171 e. The third-order valence-corrected chi connectivity index (χ3v) is 8.78. The highest BCUT2D eigenvalue weighted by Gasteiger charge is 2.26. The van der Waals surface area contributed by atoms with Gasteiger partial charge in [-0.25, -0.2) is 13.8 Å². The van der Waals surface area contributed by atoms with E-state index in [1.165, 1.54) is 30.4 Å². The highest BCUT2D eigenvalue weighted by molar-refractivity contribution is 7.86. The number of carbonyl (C=O) groups excluding carboxylic acids is 1. The first-order valence-corrected chi connectivity index (χ1v) is 15.2. The Kier molecular flexibility index (Phi) is 11.5. The van der Waals surface area contributed by atoms with Crippen LogP contribution in [0.25, 0.3) is 22.3 Å². The average Bonchev–Trinajstić information content (AvgIpc) is 3.69. The minimum absolute atomic E-state index is 0.0733. The maximum atomic E-state index is 14.0. The Morgan fingerprint density at radius 3 is 2.40 bits per heavy atom. The molecule has 6 nitrogen and oxygen atoms in total. The van der Waals surface area contributed by atoms with Gasteiger partial charge in [-0.05, 0) is 35.7 Å². The van der Waals surface area contributed by atoms with Crippen molar-refractivity contribution < 1.29 is 22.5 Å². The minimum atomic E-state index is -1.29. The first-order chi connectivity index (χ1) is 20.6. The molecule has 228 valence electrons. The maximum absolute atomic E-state index is 14.0. The average molecular weight is 608 g/mol. The van der Waals surface area contributed by atoms with E-state index < -0.39 is 16.6 Å². The first kappa shape index (κ1) is 33.4. The normalized spacial score (nSPS) is 11.8. The summed E-state index contributed by atoms with van der Waals surface area (Å²) >= 11 is 0.